The van der Waals surface area contributed by atoms with Gasteiger partial charge < -0.3 is 15.2 Å². The molecule has 1 aliphatic carbocycles. The van der Waals surface area contributed by atoms with Crippen LogP contribution in [0, 0.1) is 0 Å². The number of aromatic nitrogens is 1. The number of rotatable bonds is 9. The molecule has 0 spiro atoms. The van der Waals surface area contributed by atoms with Gasteiger partial charge in [0.25, 0.3) is 11.5 Å². The molecule has 2 N–H and O–H groups in total. The molecule has 0 atom stereocenters. The quantitative estimate of drug-likeness (QED) is 0.604. The Balaban J connectivity index is 1.79. The van der Waals surface area contributed by atoms with Crippen LogP contribution in [-0.2, 0) is 21.4 Å². The number of amides is 2. The van der Waals surface area contributed by atoms with Crippen molar-refractivity contribution < 1.29 is 18.0 Å². The Hall–Kier alpha value is -2.98. The summed E-state index contributed by atoms with van der Waals surface area (Å²) < 4.78 is 27.7. The standard InChI is InChI=1S/C21H26N4O5S/c1-3-25(4-2)31(29,30)16-11-12-20(27)24(13-16)14-19(26)23-18-8-6-5-7-17(18)21(28)22-15-9-10-15/h5-8,11-13,15H,3-4,9-10,14H2,1-2H3,(H,22,28)(H,23,26). The van der Waals surface area contributed by atoms with Crippen LogP contribution in [0.5, 0.6) is 0 Å². The Labute approximate surface area is 181 Å². The molecule has 1 aliphatic rings. The first-order chi connectivity index (χ1) is 14.8. The smallest absolute Gasteiger partial charge is 0.253 e. The van der Waals surface area contributed by atoms with Gasteiger partial charge in [-0.05, 0) is 31.0 Å². The normalized spacial score (nSPS) is 13.8. The van der Waals surface area contributed by atoms with Gasteiger partial charge in [-0.25, -0.2) is 8.42 Å². The SMILES string of the molecule is CCN(CC)S(=O)(=O)c1ccc(=O)n(CC(=O)Nc2ccccc2C(=O)NC2CC2)c1. The van der Waals surface area contributed by atoms with Gasteiger partial charge in [0.15, 0.2) is 0 Å². The highest BCUT2D eigenvalue weighted by atomic mass is 32.2. The molecule has 1 fully saturated rings. The van der Waals surface area contributed by atoms with E-state index in [1.807, 2.05) is 0 Å². The highest BCUT2D eigenvalue weighted by molar-refractivity contribution is 7.89. The van der Waals surface area contributed by atoms with Crippen molar-refractivity contribution in [1.82, 2.24) is 14.2 Å². The van der Waals surface area contributed by atoms with Crippen LogP contribution in [0.15, 0.2) is 52.3 Å². The van der Waals surface area contributed by atoms with E-state index in [1.54, 1.807) is 38.1 Å². The molecule has 9 nitrogen and oxygen atoms in total. The van der Waals surface area contributed by atoms with Gasteiger partial charge in [0, 0.05) is 31.4 Å². The molecular weight excluding hydrogens is 420 g/mol. The summed E-state index contributed by atoms with van der Waals surface area (Å²) in [5.74, 6) is -0.825. The Morgan fingerprint density at radius 1 is 1.10 bits per heavy atom. The van der Waals surface area contributed by atoms with E-state index in [4.69, 9.17) is 0 Å². The number of sulfonamides is 1. The zero-order valence-electron chi connectivity index (χ0n) is 17.5. The molecular formula is C21H26N4O5S. The summed E-state index contributed by atoms with van der Waals surface area (Å²) in [4.78, 5) is 37.1. The van der Waals surface area contributed by atoms with Gasteiger partial charge in [-0.3, -0.25) is 14.4 Å². The Morgan fingerprint density at radius 3 is 2.42 bits per heavy atom. The molecule has 0 unspecified atom stereocenters. The maximum atomic E-state index is 12.7. The van der Waals surface area contributed by atoms with Crippen LogP contribution < -0.4 is 16.2 Å². The van der Waals surface area contributed by atoms with Crippen molar-refractivity contribution in [3.05, 3.63) is 58.5 Å². The van der Waals surface area contributed by atoms with Gasteiger partial charge >= 0.3 is 0 Å². The van der Waals surface area contributed by atoms with Crippen LogP contribution in [0.25, 0.3) is 0 Å². The molecule has 0 radical (unpaired) electrons. The topological polar surface area (TPSA) is 118 Å². The molecule has 10 heteroatoms. The first-order valence-electron chi connectivity index (χ1n) is 10.2. The second-order valence-corrected chi connectivity index (χ2v) is 9.20. The lowest BCUT2D eigenvalue weighted by Crippen LogP contribution is -2.33. The summed E-state index contributed by atoms with van der Waals surface area (Å²) in [5, 5.41) is 5.52. The molecule has 0 aliphatic heterocycles. The summed E-state index contributed by atoms with van der Waals surface area (Å²) in [6.07, 6.45) is 3.05. The number of carbonyl (C=O) groups is 2. The minimum atomic E-state index is -3.77. The number of pyridine rings is 1. The van der Waals surface area contributed by atoms with E-state index in [1.165, 1.54) is 16.6 Å². The Bertz CT molecular complexity index is 1130. The van der Waals surface area contributed by atoms with Crippen LogP contribution in [0.1, 0.15) is 37.0 Å². The molecule has 166 valence electrons. The van der Waals surface area contributed by atoms with Crippen LogP contribution in [0.4, 0.5) is 5.69 Å². The molecule has 2 aromatic rings. The number of nitrogens with zero attached hydrogens (tertiary/aromatic N) is 2. The monoisotopic (exact) mass is 446 g/mol. The molecule has 2 amide bonds. The summed E-state index contributed by atoms with van der Waals surface area (Å²) >= 11 is 0. The molecule has 1 aromatic heterocycles. The number of benzene rings is 1. The van der Waals surface area contributed by atoms with E-state index in [2.05, 4.69) is 10.6 Å². The third kappa shape index (κ3) is 5.39. The van der Waals surface area contributed by atoms with Crippen molar-refractivity contribution >= 4 is 27.5 Å². The summed E-state index contributed by atoms with van der Waals surface area (Å²) in [6.45, 7) is 3.64. The minimum absolute atomic E-state index is 0.0622. The van der Waals surface area contributed by atoms with Gasteiger partial charge in [0.05, 0.1) is 16.1 Å². The number of anilines is 1. The number of hydrogen-bond acceptors (Lipinski definition) is 5. The van der Waals surface area contributed by atoms with E-state index < -0.39 is 21.5 Å². The third-order valence-corrected chi connectivity index (χ3v) is 7.01. The van der Waals surface area contributed by atoms with Crippen molar-refractivity contribution in [3.63, 3.8) is 0 Å². The van der Waals surface area contributed by atoms with Gasteiger partial charge in [0.1, 0.15) is 6.54 Å². The van der Waals surface area contributed by atoms with Gasteiger partial charge in [0.2, 0.25) is 15.9 Å². The first kappa shape index (κ1) is 22.7. The fraction of sp³-hybridized carbons (Fsp3) is 0.381. The van der Waals surface area contributed by atoms with E-state index in [9.17, 15) is 22.8 Å². The summed E-state index contributed by atoms with van der Waals surface area (Å²) in [5.41, 5.74) is 0.145. The lowest BCUT2D eigenvalue weighted by atomic mass is 10.1. The van der Waals surface area contributed by atoms with Crippen LogP contribution >= 0.6 is 0 Å². The average molecular weight is 447 g/mol. The number of para-hydroxylation sites is 1. The molecule has 0 saturated heterocycles. The van der Waals surface area contributed by atoms with Crippen LogP contribution in [-0.4, -0.2) is 48.2 Å². The summed E-state index contributed by atoms with van der Waals surface area (Å²) in [6, 6.07) is 9.13. The van der Waals surface area contributed by atoms with Crippen molar-refractivity contribution in [2.24, 2.45) is 0 Å². The third-order valence-electron chi connectivity index (χ3n) is 4.97. The fourth-order valence-corrected chi connectivity index (χ4v) is 4.60. The maximum Gasteiger partial charge on any atom is 0.253 e. The predicted octanol–water partition coefficient (Wildman–Crippen LogP) is 1.41. The zero-order valence-corrected chi connectivity index (χ0v) is 18.3. The van der Waals surface area contributed by atoms with Crippen molar-refractivity contribution in [2.45, 2.75) is 44.2 Å². The lowest BCUT2D eigenvalue weighted by Gasteiger charge is -2.19. The molecule has 3 rings (SSSR count). The average Bonchev–Trinajstić information content (AvgIpc) is 3.54. The van der Waals surface area contributed by atoms with Gasteiger partial charge in [-0.2, -0.15) is 4.31 Å². The minimum Gasteiger partial charge on any atom is -0.349 e. The first-order valence-corrected chi connectivity index (χ1v) is 11.6. The van der Waals surface area contributed by atoms with E-state index in [0.717, 1.165) is 23.5 Å². The second-order valence-electron chi connectivity index (χ2n) is 7.26. The highest BCUT2D eigenvalue weighted by Crippen LogP contribution is 2.21. The Kier molecular flexibility index (Phi) is 6.91. The second kappa shape index (κ2) is 9.44. The largest absolute Gasteiger partial charge is 0.349 e. The van der Waals surface area contributed by atoms with Crippen molar-refractivity contribution in [2.75, 3.05) is 18.4 Å². The maximum absolute atomic E-state index is 12.7. The van der Waals surface area contributed by atoms with Gasteiger partial charge in [-0.15, -0.1) is 0 Å². The van der Waals surface area contributed by atoms with Crippen molar-refractivity contribution in [1.29, 1.82) is 0 Å². The number of nitrogens with one attached hydrogen (secondary N) is 2. The predicted molar refractivity (Wildman–Crippen MR) is 116 cm³/mol. The van der Waals surface area contributed by atoms with Crippen LogP contribution in [0.3, 0.4) is 0 Å². The number of carbonyl (C=O) groups excluding carboxylic acids is 2. The molecule has 31 heavy (non-hydrogen) atoms. The van der Waals surface area contributed by atoms with Gasteiger partial charge in [-0.1, -0.05) is 26.0 Å². The van der Waals surface area contributed by atoms with Crippen LogP contribution in [0.2, 0.25) is 0 Å². The highest BCUT2D eigenvalue weighted by Gasteiger charge is 2.25. The zero-order chi connectivity index (χ0) is 22.6. The number of hydrogen-bond donors (Lipinski definition) is 2. The summed E-state index contributed by atoms with van der Waals surface area (Å²) in [7, 11) is -3.77. The molecule has 1 heterocycles. The van der Waals surface area contributed by atoms with E-state index in [0.29, 0.717) is 11.3 Å². The fourth-order valence-electron chi connectivity index (χ4n) is 3.12. The molecule has 1 aromatic carbocycles. The molecule has 1 saturated carbocycles. The molecule has 0 bridgehead atoms. The van der Waals surface area contributed by atoms with E-state index >= 15 is 0 Å². The van der Waals surface area contributed by atoms with E-state index in [-0.39, 0.29) is 36.5 Å². The van der Waals surface area contributed by atoms with Crippen molar-refractivity contribution in [3.8, 4) is 0 Å². The Morgan fingerprint density at radius 2 is 1.77 bits per heavy atom. The lowest BCUT2D eigenvalue weighted by molar-refractivity contribution is -0.116.